The molecule has 1 aromatic carbocycles. The van der Waals surface area contributed by atoms with Crippen LogP contribution in [-0.2, 0) is 0 Å². The molecule has 1 saturated heterocycles. The quantitative estimate of drug-likeness (QED) is 0.805. The van der Waals surface area contributed by atoms with Crippen molar-refractivity contribution < 1.29 is 4.79 Å². The maximum absolute atomic E-state index is 12.4. The van der Waals surface area contributed by atoms with Crippen molar-refractivity contribution in [2.24, 2.45) is 0 Å². The minimum Gasteiger partial charge on any atom is -0.398 e. The first-order valence-electron chi connectivity index (χ1n) is 6.11. The lowest BCUT2D eigenvalue weighted by Crippen LogP contribution is -2.34. The van der Waals surface area contributed by atoms with E-state index >= 15 is 0 Å². The number of hydrogen-bond donors (Lipinski definition) is 1. The fraction of sp³-hybridized carbons (Fsp3) is 0.462. The first-order valence-corrected chi connectivity index (χ1v) is 6.90. The second kappa shape index (κ2) is 5.71. The first-order chi connectivity index (χ1) is 8.58. The summed E-state index contributed by atoms with van der Waals surface area (Å²) in [5.41, 5.74) is 7.04. The van der Waals surface area contributed by atoms with Crippen molar-refractivity contribution in [3.63, 3.8) is 0 Å². The zero-order chi connectivity index (χ0) is 13.1. The largest absolute Gasteiger partial charge is 0.398 e. The number of halogens is 1. The van der Waals surface area contributed by atoms with E-state index in [2.05, 4.69) is 27.9 Å². The standard InChI is InChI=1S/C13H18BrN3O/c1-16-5-2-6-17(8-7-16)13(18)11-4-3-10(14)9-12(11)15/h3-4,9H,2,5-8,15H2,1H3. The number of carbonyl (C=O) groups is 1. The van der Waals surface area contributed by atoms with Crippen molar-refractivity contribution in [1.29, 1.82) is 0 Å². The summed E-state index contributed by atoms with van der Waals surface area (Å²) in [5, 5.41) is 0. The van der Waals surface area contributed by atoms with Crippen molar-refractivity contribution in [2.75, 3.05) is 39.0 Å². The molecule has 0 spiro atoms. The van der Waals surface area contributed by atoms with Crippen molar-refractivity contribution in [1.82, 2.24) is 9.80 Å². The average molecular weight is 312 g/mol. The van der Waals surface area contributed by atoms with Gasteiger partial charge in [0.05, 0.1) is 5.56 Å². The Bertz CT molecular complexity index is 450. The van der Waals surface area contributed by atoms with E-state index in [4.69, 9.17) is 5.73 Å². The summed E-state index contributed by atoms with van der Waals surface area (Å²) in [6.07, 6.45) is 1.01. The lowest BCUT2D eigenvalue weighted by Gasteiger charge is -2.21. The van der Waals surface area contributed by atoms with Crippen LogP contribution < -0.4 is 5.73 Å². The van der Waals surface area contributed by atoms with E-state index in [1.807, 2.05) is 11.0 Å². The minimum atomic E-state index is 0.0373. The molecule has 0 aromatic heterocycles. The molecule has 0 unspecified atom stereocenters. The third kappa shape index (κ3) is 3.03. The van der Waals surface area contributed by atoms with Gasteiger partial charge >= 0.3 is 0 Å². The molecule has 1 aromatic rings. The third-order valence-electron chi connectivity index (χ3n) is 3.25. The number of hydrogen-bond acceptors (Lipinski definition) is 3. The van der Waals surface area contributed by atoms with Gasteiger partial charge in [0.15, 0.2) is 0 Å². The summed E-state index contributed by atoms with van der Waals surface area (Å²) in [5.74, 6) is 0.0373. The van der Waals surface area contributed by atoms with E-state index in [9.17, 15) is 4.79 Å². The molecular weight excluding hydrogens is 294 g/mol. The van der Waals surface area contributed by atoms with Crippen LogP contribution in [0.4, 0.5) is 5.69 Å². The number of nitrogens with zero attached hydrogens (tertiary/aromatic N) is 2. The van der Waals surface area contributed by atoms with Crippen LogP contribution in [0.2, 0.25) is 0 Å². The van der Waals surface area contributed by atoms with Gasteiger partial charge in [0.2, 0.25) is 0 Å². The number of carbonyl (C=O) groups excluding carboxylic acids is 1. The normalized spacial score (nSPS) is 17.6. The lowest BCUT2D eigenvalue weighted by atomic mass is 10.1. The molecule has 4 nitrogen and oxygen atoms in total. The Balaban J connectivity index is 2.15. The van der Waals surface area contributed by atoms with Gasteiger partial charge in [-0.3, -0.25) is 4.79 Å². The maximum atomic E-state index is 12.4. The van der Waals surface area contributed by atoms with Crippen molar-refractivity contribution in [2.45, 2.75) is 6.42 Å². The number of likely N-dealkylation sites (N-methyl/N-ethyl adjacent to an activating group) is 1. The molecule has 5 heteroatoms. The second-order valence-electron chi connectivity index (χ2n) is 4.68. The number of anilines is 1. The Morgan fingerprint density at radius 3 is 2.78 bits per heavy atom. The third-order valence-corrected chi connectivity index (χ3v) is 3.74. The van der Waals surface area contributed by atoms with Crippen LogP contribution in [0.25, 0.3) is 0 Å². The summed E-state index contributed by atoms with van der Waals surface area (Å²) in [7, 11) is 2.09. The van der Waals surface area contributed by atoms with Crippen LogP contribution in [0, 0.1) is 0 Å². The average Bonchev–Trinajstić information content (AvgIpc) is 2.53. The molecule has 0 saturated carbocycles. The number of amides is 1. The molecule has 2 N–H and O–H groups in total. The molecule has 1 heterocycles. The molecule has 0 aliphatic carbocycles. The number of rotatable bonds is 1. The molecule has 1 amide bonds. The van der Waals surface area contributed by atoms with Gasteiger partial charge in [0.1, 0.15) is 0 Å². The summed E-state index contributed by atoms with van der Waals surface area (Å²) < 4.78 is 0.896. The Hall–Kier alpha value is -1.07. The highest BCUT2D eigenvalue weighted by molar-refractivity contribution is 9.10. The predicted octanol–water partition coefficient (Wildman–Crippen LogP) is 1.81. The van der Waals surface area contributed by atoms with Crippen molar-refractivity contribution in [3.05, 3.63) is 28.2 Å². The van der Waals surface area contributed by atoms with Crippen LogP contribution in [0.5, 0.6) is 0 Å². The van der Waals surface area contributed by atoms with Crippen LogP contribution in [0.3, 0.4) is 0 Å². The maximum Gasteiger partial charge on any atom is 0.255 e. The van der Waals surface area contributed by atoms with Gasteiger partial charge in [-0.25, -0.2) is 0 Å². The minimum absolute atomic E-state index is 0.0373. The number of nitrogens with two attached hydrogens (primary N) is 1. The Kier molecular flexibility index (Phi) is 4.24. The Labute approximate surface area is 116 Å². The summed E-state index contributed by atoms with van der Waals surface area (Å²) >= 11 is 3.35. The van der Waals surface area contributed by atoms with E-state index < -0.39 is 0 Å². The van der Waals surface area contributed by atoms with E-state index in [0.717, 1.165) is 37.1 Å². The van der Waals surface area contributed by atoms with E-state index in [-0.39, 0.29) is 5.91 Å². The summed E-state index contributed by atoms with van der Waals surface area (Å²) in [4.78, 5) is 16.5. The van der Waals surface area contributed by atoms with Crippen molar-refractivity contribution in [3.8, 4) is 0 Å². The predicted molar refractivity (Wildman–Crippen MR) is 76.6 cm³/mol. The molecule has 1 fully saturated rings. The highest BCUT2D eigenvalue weighted by Crippen LogP contribution is 2.20. The first kappa shape index (κ1) is 13.4. The molecule has 1 aliphatic rings. The summed E-state index contributed by atoms with van der Waals surface area (Å²) in [6, 6.07) is 5.42. The molecule has 0 bridgehead atoms. The number of benzene rings is 1. The van der Waals surface area contributed by atoms with Crippen molar-refractivity contribution >= 4 is 27.5 Å². The van der Waals surface area contributed by atoms with E-state index in [1.165, 1.54) is 0 Å². The van der Waals surface area contributed by atoms with Crippen LogP contribution in [0.15, 0.2) is 22.7 Å². The molecule has 0 radical (unpaired) electrons. The number of nitrogen functional groups attached to an aromatic ring is 1. The van der Waals surface area contributed by atoms with Gasteiger partial charge in [0.25, 0.3) is 5.91 Å². The Morgan fingerprint density at radius 2 is 2.06 bits per heavy atom. The fourth-order valence-corrected chi connectivity index (χ4v) is 2.53. The molecular formula is C13H18BrN3O. The highest BCUT2D eigenvalue weighted by Gasteiger charge is 2.20. The molecule has 2 rings (SSSR count). The molecule has 0 atom stereocenters. The molecule has 98 valence electrons. The smallest absolute Gasteiger partial charge is 0.255 e. The Morgan fingerprint density at radius 1 is 1.28 bits per heavy atom. The molecule has 1 aliphatic heterocycles. The zero-order valence-corrected chi connectivity index (χ0v) is 12.1. The SMILES string of the molecule is CN1CCCN(C(=O)c2ccc(Br)cc2N)CC1. The lowest BCUT2D eigenvalue weighted by molar-refractivity contribution is 0.0764. The van der Waals surface area contributed by atoms with E-state index in [0.29, 0.717) is 11.3 Å². The second-order valence-corrected chi connectivity index (χ2v) is 5.60. The fourth-order valence-electron chi connectivity index (χ4n) is 2.15. The topological polar surface area (TPSA) is 49.6 Å². The van der Waals surface area contributed by atoms with Gasteiger partial charge in [-0.15, -0.1) is 0 Å². The van der Waals surface area contributed by atoms with Crippen LogP contribution in [0.1, 0.15) is 16.8 Å². The van der Waals surface area contributed by atoms with Gasteiger partial charge in [-0.1, -0.05) is 15.9 Å². The van der Waals surface area contributed by atoms with Gasteiger partial charge < -0.3 is 15.5 Å². The van der Waals surface area contributed by atoms with Gasteiger partial charge in [0, 0.05) is 29.8 Å². The van der Waals surface area contributed by atoms with Gasteiger partial charge in [-0.2, -0.15) is 0 Å². The zero-order valence-electron chi connectivity index (χ0n) is 10.5. The van der Waals surface area contributed by atoms with E-state index in [1.54, 1.807) is 12.1 Å². The monoisotopic (exact) mass is 311 g/mol. The summed E-state index contributed by atoms with van der Waals surface area (Å²) in [6.45, 7) is 3.53. The molecule has 18 heavy (non-hydrogen) atoms. The van der Waals surface area contributed by atoms with Gasteiger partial charge in [-0.05, 0) is 38.2 Å². The van der Waals surface area contributed by atoms with Crippen LogP contribution in [-0.4, -0.2) is 48.9 Å². The highest BCUT2D eigenvalue weighted by atomic mass is 79.9. The van der Waals surface area contributed by atoms with Crippen LogP contribution >= 0.6 is 15.9 Å².